The standard InChI is InChI=1S/C23H29N3O4/c27-23(28)10-7-17-4-3-5-18(14-17)16-30-19-8-9-20(24-15-19)21-11-12-25-26(21)22-6-1-2-13-29-22/h7-12,15,17-18,22H,1-6,13-14,16H2,(H,27,28)/b10-7+/t17-,18-,22?/m1/s1. The van der Waals surface area contributed by atoms with Gasteiger partial charge in [0.15, 0.2) is 6.23 Å². The minimum Gasteiger partial charge on any atom is -0.492 e. The lowest BCUT2D eigenvalue weighted by atomic mass is 9.81. The van der Waals surface area contributed by atoms with Gasteiger partial charge in [-0.25, -0.2) is 9.48 Å². The molecule has 2 aromatic rings. The number of ether oxygens (including phenoxy) is 2. The Morgan fingerprint density at radius 3 is 2.93 bits per heavy atom. The summed E-state index contributed by atoms with van der Waals surface area (Å²) in [6.07, 6.45) is 14.1. The van der Waals surface area contributed by atoms with Gasteiger partial charge in [-0.3, -0.25) is 4.98 Å². The number of carboxylic acid groups (broad SMARTS) is 1. The molecule has 2 aliphatic rings. The third-order valence-corrected chi connectivity index (χ3v) is 5.92. The third-order valence-electron chi connectivity index (χ3n) is 5.92. The van der Waals surface area contributed by atoms with Crippen molar-refractivity contribution < 1.29 is 19.4 Å². The van der Waals surface area contributed by atoms with Crippen LogP contribution in [0.1, 0.15) is 51.2 Å². The average Bonchev–Trinajstić information content (AvgIpc) is 3.27. The lowest BCUT2D eigenvalue weighted by Gasteiger charge is -2.27. The van der Waals surface area contributed by atoms with Crippen molar-refractivity contribution in [3.05, 3.63) is 42.7 Å². The predicted molar refractivity (Wildman–Crippen MR) is 112 cm³/mol. The molecule has 1 aliphatic carbocycles. The van der Waals surface area contributed by atoms with Crippen LogP contribution in [0.25, 0.3) is 11.4 Å². The van der Waals surface area contributed by atoms with Crippen LogP contribution in [0.3, 0.4) is 0 Å². The molecule has 1 saturated carbocycles. The molecule has 1 aliphatic heterocycles. The second-order valence-corrected chi connectivity index (χ2v) is 8.16. The summed E-state index contributed by atoms with van der Waals surface area (Å²) in [5.74, 6) is 0.635. The molecular formula is C23H29N3O4. The summed E-state index contributed by atoms with van der Waals surface area (Å²) in [7, 11) is 0. The summed E-state index contributed by atoms with van der Waals surface area (Å²) in [4.78, 5) is 15.3. The van der Waals surface area contributed by atoms with Crippen LogP contribution in [0.4, 0.5) is 0 Å². The van der Waals surface area contributed by atoms with E-state index in [2.05, 4.69) is 10.1 Å². The molecule has 1 unspecified atom stereocenters. The molecule has 0 bridgehead atoms. The van der Waals surface area contributed by atoms with Crippen molar-refractivity contribution in [1.29, 1.82) is 0 Å². The SMILES string of the molecule is O=C(O)/C=C/[C@H]1CCC[C@@H](COc2ccc(-c3ccnn3C3CCCCO3)nc2)C1. The van der Waals surface area contributed by atoms with Crippen LogP contribution in [-0.2, 0) is 9.53 Å². The molecule has 3 heterocycles. The smallest absolute Gasteiger partial charge is 0.327 e. The monoisotopic (exact) mass is 411 g/mol. The summed E-state index contributed by atoms with van der Waals surface area (Å²) >= 11 is 0. The molecule has 0 amide bonds. The number of aliphatic carboxylic acids is 1. The summed E-state index contributed by atoms with van der Waals surface area (Å²) in [5, 5.41) is 13.3. The molecule has 2 fully saturated rings. The molecule has 7 heteroatoms. The van der Waals surface area contributed by atoms with Crippen molar-refractivity contribution in [3.63, 3.8) is 0 Å². The van der Waals surface area contributed by atoms with Gasteiger partial charge in [-0.2, -0.15) is 5.10 Å². The zero-order valence-electron chi connectivity index (χ0n) is 17.2. The lowest BCUT2D eigenvalue weighted by molar-refractivity contribution is -0.131. The number of rotatable bonds is 7. The Morgan fingerprint density at radius 1 is 1.23 bits per heavy atom. The number of nitrogens with zero attached hydrogens (tertiary/aromatic N) is 3. The van der Waals surface area contributed by atoms with E-state index >= 15 is 0 Å². The number of allylic oxidation sites excluding steroid dienone is 1. The van der Waals surface area contributed by atoms with E-state index in [-0.39, 0.29) is 6.23 Å². The highest BCUT2D eigenvalue weighted by Crippen LogP contribution is 2.31. The Labute approximate surface area is 176 Å². The quantitative estimate of drug-likeness (QED) is 0.677. The van der Waals surface area contributed by atoms with Crippen molar-refractivity contribution in [3.8, 4) is 17.1 Å². The van der Waals surface area contributed by atoms with E-state index in [1.807, 2.05) is 29.0 Å². The fraction of sp³-hybridized carbons (Fsp3) is 0.522. The van der Waals surface area contributed by atoms with Crippen LogP contribution >= 0.6 is 0 Å². The topological polar surface area (TPSA) is 86.5 Å². The van der Waals surface area contributed by atoms with E-state index in [1.54, 1.807) is 12.4 Å². The molecule has 4 rings (SSSR count). The molecule has 2 aromatic heterocycles. The maximum atomic E-state index is 10.7. The Hall–Kier alpha value is -2.67. The maximum Gasteiger partial charge on any atom is 0.327 e. The average molecular weight is 412 g/mol. The van der Waals surface area contributed by atoms with Gasteiger partial charge in [0.2, 0.25) is 0 Å². The van der Waals surface area contributed by atoms with Gasteiger partial charge in [0.1, 0.15) is 5.75 Å². The van der Waals surface area contributed by atoms with E-state index in [9.17, 15) is 4.79 Å². The highest BCUT2D eigenvalue weighted by atomic mass is 16.5. The molecule has 3 atom stereocenters. The summed E-state index contributed by atoms with van der Waals surface area (Å²) in [6.45, 7) is 1.41. The fourth-order valence-electron chi connectivity index (χ4n) is 4.37. The third kappa shape index (κ3) is 5.27. The van der Waals surface area contributed by atoms with Gasteiger partial charge >= 0.3 is 5.97 Å². The first-order valence-corrected chi connectivity index (χ1v) is 10.8. The van der Waals surface area contributed by atoms with Crippen molar-refractivity contribution >= 4 is 5.97 Å². The molecule has 1 N–H and O–H groups in total. The van der Waals surface area contributed by atoms with Crippen LogP contribution in [0.5, 0.6) is 5.75 Å². The minimum absolute atomic E-state index is 0.0177. The first-order valence-electron chi connectivity index (χ1n) is 10.8. The Morgan fingerprint density at radius 2 is 2.17 bits per heavy atom. The predicted octanol–water partition coefficient (Wildman–Crippen LogP) is 4.47. The molecular weight excluding hydrogens is 382 g/mol. The number of carboxylic acids is 1. The zero-order valence-corrected chi connectivity index (χ0v) is 17.2. The largest absolute Gasteiger partial charge is 0.492 e. The first-order chi connectivity index (χ1) is 14.7. The van der Waals surface area contributed by atoms with Gasteiger partial charge < -0.3 is 14.6 Å². The fourth-order valence-corrected chi connectivity index (χ4v) is 4.37. The number of pyridine rings is 1. The number of carbonyl (C=O) groups is 1. The normalized spacial score (nSPS) is 24.7. The van der Waals surface area contributed by atoms with Crippen LogP contribution in [0.15, 0.2) is 42.7 Å². The Bertz CT molecular complexity index is 856. The van der Waals surface area contributed by atoms with Gasteiger partial charge in [-0.1, -0.05) is 12.5 Å². The van der Waals surface area contributed by atoms with Crippen LogP contribution in [-0.4, -0.2) is 39.1 Å². The van der Waals surface area contributed by atoms with E-state index in [0.29, 0.717) is 18.4 Å². The van der Waals surface area contributed by atoms with Crippen molar-refractivity contribution in [2.75, 3.05) is 13.2 Å². The summed E-state index contributed by atoms with van der Waals surface area (Å²) in [6, 6.07) is 5.88. The van der Waals surface area contributed by atoms with Gasteiger partial charge in [0.25, 0.3) is 0 Å². The van der Waals surface area contributed by atoms with E-state index in [4.69, 9.17) is 14.6 Å². The Balaban J connectivity index is 1.33. The summed E-state index contributed by atoms with van der Waals surface area (Å²) in [5.41, 5.74) is 1.80. The van der Waals surface area contributed by atoms with E-state index < -0.39 is 5.97 Å². The maximum absolute atomic E-state index is 10.7. The van der Waals surface area contributed by atoms with Crippen LogP contribution < -0.4 is 4.74 Å². The van der Waals surface area contributed by atoms with Gasteiger partial charge in [0.05, 0.1) is 24.2 Å². The molecule has 1 saturated heterocycles. The van der Waals surface area contributed by atoms with Gasteiger partial charge in [0, 0.05) is 18.9 Å². The minimum atomic E-state index is -0.879. The number of hydrogen-bond donors (Lipinski definition) is 1. The molecule has 0 radical (unpaired) electrons. The zero-order chi connectivity index (χ0) is 20.8. The second-order valence-electron chi connectivity index (χ2n) is 8.16. The molecule has 7 nitrogen and oxygen atoms in total. The summed E-state index contributed by atoms with van der Waals surface area (Å²) < 4.78 is 13.8. The molecule has 0 aromatic carbocycles. The van der Waals surface area contributed by atoms with Gasteiger partial charge in [-0.05, 0) is 68.6 Å². The Kier molecular flexibility index (Phi) is 6.79. The highest BCUT2D eigenvalue weighted by molar-refractivity contribution is 5.79. The van der Waals surface area contributed by atoms with Crippen LogP contribution in [0.2, 0.25) is 0 Å². The van der Waals surface area contributed by atoms with Gasteiger partial charge in [-0.15, -0.1) is 0 Å². The van der Waals surface area contributed by atoms with Crippen molar-refractivity contribution in [2.24, 2.45) is 11.8 Å². The molecule has 160 valence electrons. The highest BCUT2D eigenvalue weighted by Gasteiger charge is 2.22. The second kappa shape index (κ2) is 9.89. The molecule has 0 spiro atoms. The van der Waals surface area contributed by atoms with Crippen LogP contribution in [0, 0.1) is 11.8 Å². The van der Waals surface area contributed by atoms with E-state index in [1.165, 1.54) is 6.08 Å². The first kappa shape index (κ1) is 20.6. The van der Waals surface area contributed by atoms with E-state index in [0.717, 1.165) is 68.7 Å². The lowest BCUT2D eigenvalue weighted by Crippen LogP contribution is -2.20. The van der Waals surface area contributed by atoms with Crippen molar-refractivity contribution in [2.45, 2.75) is 51.2 Å². The van der Waals surface area contributed by atoms with Crippen molar-refractivity contribution in [1.82, 2.24) is 14.8 Å². The molecule has 30 heavy (non-hydrogen) atoms. The number of aromatic nitrogens is 3. The number of hydrogen-bond acceptors (Lipinski definition) is 5.